The van der Waals surface area contributed by atoms with Crippen LogP contribution in [0.15, 0.2) is 24.3 Å². The van der Waals surface area contributed by atoms with E-state index < -0.39 is 0 Å². The van der Waals surface area contributed by atoms with E-state index in [-0.39, 0.29) is 0 Å². The van der Waals surface area contributed by atoms with Gasteiger partial charge in [-0.05, 0) is 31.0 Å². The largest absolute Gasteiger partial charge is 0.439 e. The van der Waals surface area contributed by atoms with Crippen molar-refractivity contribution in [2.75, 3.05) is 0 Å². The Kier molecular flexibility index (Phi) is 4.00. The summed E-state index contributed by atoms with van der Waals surface area (Å²) < 4.78 is 7.34. The summed E-state index contributed by atoms with van der Waals surface area (Å²) >= 11 is 0. The van der Waals surface area contributed by atoms with Crippen LogP contribution < -0.4 is 4.74 Å². The number of carbonyl (C=O) groups excluding carboxylic acids is 1. The summed E-state index contributed by atoms with van der Waals surface area (Å²) in [7, 11) is 1.76. The molecular formula is C15H18N2O2. The van der Waals surface area contributed by atoms with E-state index >= 15 is 0 Å². The first-order chi connectivity index (χ1) is 9.15. The van der Waals surface area contributed by atoms with Gasteiger partial charge in [0.1, 0.15) is 5.75 Å². The van der Waals surface area contributed by atoms with Gasteiger partial charge in [-0.15, -0.1) is 0 Å². The molecule has 100 valence electrons. The van der Waals surface area contributed by atoms with E-state index in [9.17, 15) is 4.79 Å². The van der Waals surface area contributed by atoms with Gasteiger partial charge in [-0.3, -0.25) is 4.79 Å². The number of nitrogens with zero attached hydrogens (tertiary/aromatic N) is 2. The van der Waals surface area contributed by atoms with E-state index in [1.807, 2.05) is 24.3 Å². The van der Waals surface area contributed by atoms with E-state index in [2.05, 4.69) is 12.0 Å². The lowest BCUT2D eigenvalue weighted by molar-refractivity contribution is 0.112. The van der Waals surface area contributed by atoms with Crippen LogP contribution in [0.1, 0.15) is 35.0 Å². The van der Waals surface area contributed by atoms with Gasteiger partial charge in [0.25, 0.3) is 0 Å². The maximum Gasteiger partial charge on any atom is 0.228 e. The van der Waals surface area contributed by atoms with Crippen LogP contribution in [-0.2, 0) is 13.5 Å². The zero-order valence-corrected chi connectivity index (χ0v) is 11.5. The molecule has 1 heterocycles. The van der Waals surface area contributed by atoms with Crippen molar-refractivity contribution in [2.45, 2.75) is 26.7 Å². The third-order valence-corrected chi connectivity index (χ3v) is 3.01. The molecular weight excluding hydrogens is 240 g/mol. The van der Waals surface area contributed by atoms with E-state index in [0.717, 1.165) is 19.1 Å². The minimum absolute atomic E-state index is 0.482. The molecule has 0 radical (unpaired) electrons. The highest BCUT2D eigenvalue weighted by atomic mass is 16.5. The number of aldehydes is 1. The maximum absolute atomic E-state index is 11.1. The first-order valence-corrected chi connectivity index (χ1v) is 6.41. The minimum atomic E-state index is 0.482. The molecule has 0 saturated carbocycles. The van der Waals surface area contributed by atoms with Gasteiger partial charge in [0.15, 0.2) is 6.29 Å². The number of hydrogen-bond donors (Lipinski definition) is 0. The highest BCUT2D eigenvalue weighted by Gasteiger charge is 2.14. The highest BCUT2D eigenvalue weighted by molar-refractivity contribution is 5.80. The molecule has 19 heavy (non-hydrogen) atoms. The first-order valence-electron chi connectivity index (χ1n) is 6.41. The fourth-order valence-electron chi connectivity index (χ4n) is 2.03. The predicted molar refractivity (Wildman–Crippen MR) is 73.8 cm³/mol. The smallest absolute Gasteiger partial charge is 0.228 e. The van der Waals surface area contributed by atoms with Gasteiger partial charge in [0.2, 0.25) is 5.88 Å². The van der Waals surface area contributed by atoms with Gasteiger partial charge in [0, 0.05) is 7.05 Å². The molecule has 0 spiro atoms. The third kappa shape index (κ3) is 2.84. The Hall–Kier alpha value is -2.10. The monoisotopic (exact) mass is 258 g/mol. The van der Waals surface area contributed by atoms with Crippen molar-refractivity contribution in [3.05, 3.63) is 41.1 Å². The zero-order chi connectivity index (χ0) is 13.8. The number of aryl methyl sites for hydroxylation is 3. The Morgan fingerprint density at radius 1 is 1.32 bits per heavy atom. The van der Waals surface area contributed by atoms with Gasteiger partial charge < -0.3 is 4.74 Å². The summed E-state index contributed by atoms with van der Waals surface area (Å²) in [6.45, 7) is 3.94. The van der Waals surface area contributed by atoms with Crippen LogP contribution in [0, 0.1) is 6.92 Å². The summed E-state index contributed by atoms with van der Waals surface area (Å²) in [4.78, 5) is 11.1. The van der Waals surface area contributed by atoms with Crippen molar-refractivity contribution in [1.82, 2.24) is 9.78 Å². The topological polar surface area (TPSA) is 44.1 Å². The van der Waals surface area contributed by atoms with E-state index in [4.69, 9.17) is 4.74 Å². The molecule has 0 unspecified atom stereocenters. The van der Waals surface area contributed by atoms with Crippen molar-refractivity contribution in [3.8, 4) is 11.6 Å². The second-order valence-corrected chi connectivity index (χ2v) is 4.54. The van der Waals surface area contributed by atoms with Gasteiger partial charge >= 0.3 is 0 Å². The number of carbonyl (C=O) groups is 1. The molecule has 1 aromatic carbocycles. The fourth-order valence-corrected chi connectivity index (χ4v) is 2.03. The number of ether oxygens (including phenoxy) is 1. The molecule has 0 atom stereocenters. The standard InChI is InChI=1S/C15H18N2O2/c1-4-5-12-6-8-13(9-7-12)19-15-14(10-18)11(2)16-17(15)3/h6-10H,4-5H2,1-3H3. The summed E-state index contributed by atoms with van der Waals surface area (Å²) in [5.41, 5.74) is 2.46. The van der Waals surface area contributed by atoms with E-state index in [0.29, 0.717) is 22.9 Å². The SMILES string of the molecule is CCCc1ccc(Oc2c(C=O)c(C)nn2C)cc1. The second kappa shape index (κ2) is 5.69. The van der Waals surface area contributed by atoms with Crippen LogP contribution >= 0.6 is 0 Å². The lowest BCUT2D eigenvalue weighted by Crippen LogP contribution is -1.97. The lowest BCUT2D eigenvalue weighted by Gasteiger charge is -2.07. The summed E-state index contributed by atoms with van der Waals surface area (Å²) in [5.74, 6) is 1.20. The molecule has 0 saturated heterocycles. The normalized spacial score (nSPS) is 10.5. The molecule has 2 aromatic rings. The molecule has 0 fully saturated rings. The van der Waals surface area contributed by atoms with Gasteiger partial charge in [0.05, 0.1) is 11.3 Å². The first kappa shape index (κ1) is 13.3. The van der Waals surface area contributed by atoms with E-state index in [1.54, 1.807) is 18.7 Å². The molecule has 2 rings (SSSR count). The Morgan fingerprint density at radius 3 is 2.58 bits per heavy atom. The quantitative estimate of drug-likeness (QED) is 0.773. The molecule has 0 bridgehead atoms. The maximum atomic E-state index is 11.1. The van der Waals surface area contributed by atoms with Crippen molar-refractivity contribution >= 4 is 6.29 Å². The second-order valence-electron chi connectivity index (χ2n) is 4.54. The summed E-state index contributed by atoms with van der Waals surface area (Å²) in [6.07, 6.45) is 2.96. The van der Waals surface area contributed by atoms with Crippen molar-refractivity contribution in [1.29, 1.82) is 0 Å². The number of aromatic nitrogens is 2. The van der Waals surface area contributed by atoms with Crippen LogP contribution in [0.5, 0.6) is 11.6 Å². The number of rotatable bonds is 5. The summed E-state index contributed by atoms with van der Waals surface area (Å²) in [5, 5.41) is 4.19. The minimum Gasteiger partial charge on any atom is -0.439 e. The average Bonchev–Trinajstić information content (AvgIpc) is 2.66. The van der Waals surface area contributed by atoms with Gasteiger partial charge in [-0.1, -0.05) is 25.5 Å². The average molecular weight is 258 g/mol. The number of hydrogen-bond acceptors (Lipinski definition) is 3. The van der Waals surface area contributed by atoms with Crippen molar-refractivity contribution in [2.24, 2.45) is 7.05 Å². The van der Waals surface area contributed by atoms with Crippen LogP contribution in [0.25, 0.3) is 0 Å². The molecule has 0 aliphatic heterocycles. The molecule has 0 aliphatic carbocycles. The fraction of sp³-hybridized carbons (Fsp3) is 0.333. The predicted octanol–water partition coefficient (Wildman–Crippen LogP) is 3.29. The Morgan fingerprint density at radius 2 is 2.00 bits per heavy atom. The van der Waals surface area contributed by atoms with Crippen LogP contribution in [0.2, 0.25) is 0 Å². The van der Waals surface area contributed by atoms with Crippen molar-refractivity contribution < 1.29 is 9.53 Å². The Balaban J connectivity index is 2.23. The van der Waals surface area contributed by atoms with Crippen LogP contribution in [0.4, 0.5) is 0 Å². The Labute approximate surface area is 113 Å². The van der Waals surface area contributed by atoms with Gasteiger partial charge in [-0.25, -0.2) is 4.68 Å². The molecule has 0 N–H and O–H groups in total. The molecule has 4 heteroatoms. The van der Waals surface area contributed by atoms with Crippen LogP contribution in [0.3, 0.4) is 0 Å². The molecule has 0 aliphatic rings. The van der Waals surface area contributed by atoms with Gasteiger partial charge in [-0.2, -0.15) is 5.10 Å². The van der Waals surface area contributed by atoms with E-state index in [1.165, 1.54) is 5.56 Å². The summed E-state index contributed by atoms with van der Waals surface area (Å²) in [6, 6.07) is 7.93. The Bertz CT molecular complexity index is 571. The van der Waals surface area contributed by atoms with Crippen molar-refractivity contribution in [3.63, 3.8) is 0 Å². The lowest BCUT2D eigenvalue weighted by atomic mass is 10.1. The number of benzene rings is 1. The highest BCUT2D eigenvalue weighted by Crippen LogP contribution is 2.26. The third-order valence-electron chi connectivity index (χ3n) is 3.01. The zero-order valence-electron chi connectivity index (χ0n) is 11.5. The molecule has 4 nitrogen and oxygen atoms in total. The molecule has 0 amide bonds. The molecule has 1 aromatic heterocycles. The van der Waals surface area contributed by atoms with Crippen LogP contribution in [-0.4, -0.2) is 16.1 Å².